The Morgan fingerprint density at radius 3 is 2.16 bits per heavy atom. The maximum atomic E-state index is 5.79. The molecule has 102 valence electrons. The quantitative estimate of drug-likeness (QED) is 0.870. The maximum absolute atomic E-state index is 5.79. The summed E-state index contributed by atoms with van der Waals surface area (Å²) in [7, 11) is 1.92. The van der Waals surface area contributed by atoms with Gasteiger partial charge in [0.15, 0.2) is 5.16 Å². The van der Waals surface area contributed by atoms with Gasteiger partial charge in [-0.3, -0.25) is 4.68 Å². The fourth-order valence-electron chi connectivity index (χ4n) is 1.92. The van der Waals surface area contributed by atoms with Crippen molar-refractivity contribution < 1.29 is 0 Å². The summed E-state index contributed by atoms with van der Waals surface area (Å²) in [5.74, 6) is 0. The van der Waals surface area contributed by atoms with Crippen LogP contribution in [0.5, 0.6) is 0 Å². The Hall–Kier alpha value is -1.40. The van der Waals surface area contributed by atoms with E-state index in [2.05, 4.69) is 15.1 Å². The highest BCUT2D eigenvalue weighted by atomic mass is 32.2. The lowest BCUT2D eigenvalue weighted by molar-refractivity contribution is 0.686. The van der Waals surface area contributed by atoms with Crippen LogP contribution in [0.25, 0.3) is 0 Å². The van der Waals surface area contributed by atoms with Crippen molar-refractivity contribution in [1.82, 2.24) is 19.7 Å². The van der Waals surface area contributed by atoms with Gasteiger partial charge in [-0.05, 0) is 45.0 Å². The number of nitrogens with two attached hydrogens (primary N) is 1. The topological polar surface area (TPSA) is 69.6 Å². The summed E-state index contributed by atoms with van der Waals surface area (Å²) in [4.78, 5) is 9.05. The van der Waals surface area contributed by atoms with Crippen LogP contribution in [0.2, 0.25) is 0 Å². The van der Waals surface area contributed by atoms with Crippen LogP contribution >= 0.6 is 11.8 Å². The average molecular weight is 277 g/mol. The number of hydrogen-bond donors (Lipinski definition) is 1. The van der Waals surface area contributed by atoms with Crippen LogP contribution in [0, 0.1) is 27.7 Å². The zero-order valence-corrected chi connectivity index (χ0v) is 12.8. The first-order valence-corrected chi connectivity index (χ1v) is 6.98. The lowest BCUT2D eigenvalue weighted by Crippen LogP contribution is -2.02. The minimum atomic E-state index is 0.478. The second-order valence-electron chi connectivity index (χ2n) is 4.60. The molecule has 6 heteroatoms. The Labute approximate surface area is 117 Å². The van der Waals surface area contributed by atoms with Crippen molar-refractivity contribution in [2.45, 2.75) is 44.4 Å². The van der Waals surface area contributed by atoms with Gasteiger partial charge in [0, 0.05) is 30.5 Å². The SMILES string of the molecule is Cc1nc(Sc2c(CN)c(C)nn2C)nc(C)c1C. The Morgan fingerprint density at radius 2 is 1.63 bits per heavy atom. The summed E-state index contributed by atoms with van der Waals surface area (Å²) >= 11 is 1.52. The van der Waals surface area contributed by atoms with Gasteiger partial charge in [-0.1, -0.05) is 0 Å². The number of aryl methyl sites for hydroxylation is 4. The molecule has 0 amide bonds. The van der Waals surface area contributed by atoms with Crippen LogP contribution < -0.4 is 5.73 Å². The molecule has 19 heavy (non-hydrogen) atoms. The molecule has 2 N–H and O–H groups in total. The van der Waals surface area contributed by atoms with E-state index in [0.29, 0.717) is 6.54 Å². The zero-order valence-electron chi connectivity index (χ0n) is 12.0. The lowest BCUT2D eigenvalue weighted by atomic mass is 10.2. The first-order chi connectivity index (χ1) is 8.93. The van der Waals surface area contributed by atoms with E-state index in [4.69, 9.17) is 5.73 Å². The van der Waals surface area contributed by atoms with Crippen LogP contribution in [-0.4, -0.2) is 19.7 Å². The molecule has 0 fully saturated rings. The molecule has 0 saturated carbocycles. The van der Waals surface area contributed by atoms with E-state index in [9.17, 15) is 0 Å². The smallest absolute Gasteiger partial charge is 0.194 e. The second kappa shape index (κ2) is 5.30. The van der Waals surface area contributed by atoms with Crippen molar-refractivity contribution >= 4 is 11.8 Å². The third kappa shape index (κ3) is 2.64. The molecule has 0 bridgehead atoms. The van der Waals surface area contributed by atoms with Gasteiger partial charge < -0.3 is 5.73 Å². The molecule has 0 aliphatic heterocycles. The van der Waals surface area contributed by atoms with Crippen molar-refractivity contribution in [3.63, 3.8) is 0 Å². The molecule has 2 aromatic rings. The molecule has 0 aliphatic rings. The van der Waals surface area contributed by atoms with Crippen LogP contribution in [0.3, 0.4) is 0 Å². The Morgan fingerprint density at radius 1 is 1.05 bits per heavy atom. The van der Waals surface area contributed by atoms with E-state index in [1.54, 1.807) is 0 Å². The highest BCUT2D eigenvalue weighted by Gasteiger charge is 2.15. The van der Waals surface area contributed by atoms with Crippen molar-refractivity contribution in [2.75, 3.05) is 0 Å². The molecular formula is C13H19N5S. The van der Waals surface area contributed by atoms with E-state index in [0.717, 1.165) is 38.4 Å². The zero-order chi connectivity index (χ0) is 14.2. The van der Waals surface area contributed by atoms with E-state index in [1.807, 2.05) is 39.4 Å². The standard InChI is InChI=1S/C13H19N5S/c1-7-8(2)15-13(16-9(7)3)19-12-11(6-14)10(4)17-18(12)5/h6,14H2,1-5H3. The van der Waals surface area contributed by atoms with Crippen LogP contribution in [0.15, 0.2) is 10.2 Å². The molecule has 0 atom stereocenters. The first kappa shape index (κ1) is 14.0. The number of hydrogen-bond acceptors (Lipinski definition) is 5. The molecule has 2 aromatic heterocycles. The minimum absolute atomic E-state index is 0.478. The summed E-state index contributed by atoms with van der Waals surface area (Å²) in [6, 6.07) is 0. The van der Waals surface area contributed by atoms with Gasteiger partial charge in [-0.2, -0.15) is 5.10 Å². The van der Waals surface area contributed by atoms with Gasteiger partial charge in [0.1, 0.15) is 5.03 Å². The second-order valence-corrected chi connectivity index (χ2v) is 5.56. The maximum Gasteiger partial charge on any atom is 0.194 e. The van der Waals surface area contributed by atoms with Gasteiger partial charge in [0.25, 0.3) is 0 Å². The molecule has 2 rings (SSSR count). The highest BCUT2D eigenvalue weighted by Crippen LogP contribution is 2.30. The van der Waals surface area contributed by atoms with Crippen molar-refractivity contribution in [2.24, 2.45) is 12.8 Å². The Kier molecular flexibility index (Phi) is 3.91. The summed E-state index contributed by atoms with van der Waals surface area (Å²) in [6.45, 7) is 8.50. The summed E-state index contributed by atoms with van der Waals surface area (Å²) in [5, 5.41) is 6.17. The van der Waals surface area contributed by atoms with Crippen LogP contribution in [-0.2, 0) is 13.6 Å². The van der Waals surface area contributed by atoms with Crippen LogP contribution in [0.1, 0.15) is 28.2 Å². The summed E-state index contributed by atoms with van der Waals surface area (Å²) in [5.41, 5.74) is 11.0. The van der Waals surface area contributed by atoms with Gasteiger partial charge in [-0.15, -0.1) is 0 Å². The molecule has 0 spiro atoms. The third-order valence-electron chi connectivity index (χ3n) is 3.29. The summed E-state index contributed by atoms with van der Waals surface area (Å²) in [6.07, 6.45) is 0. The predicted octanol–water partition coefficient (Wildman–Crippen LogP) is 2.05. The number of rotatable bonds is 3. The third-order valence-corrected chi connectivity index (χ3v) is 4.36. The summed E-state index contributed by atoms with van der Waals surface area (Å²) < 4.78 is 1.84. The van der Waals surface area contributed by atoms with Crippen molar-refractivity contribution in [3.05, 3.63) is 28.2 Å². The first-order valence-electron chi connectivity index (χ1n) is 6.16. The largest absolute Gasteiger partial charge is 0.326 e. The Bertz CT molecular complexity index is 595. The van der Waals surface area contributed by atoms with E-state index in [1.165, 1.54) is 11.8 Å². The molecule has 5 nitrogen and oxygen atoms in total. The predicted molar refractivity (Wildman–Crippen MR) is 76.2 cm³/mol. The molecule has 0 saturated heterocycles. The van der Waals surface area contributed by atoms with E-state index in [-0.39, 0.29) is 0 Å². The van der Waals surface area contributed by atoms with E-state index < -0.39 is 0 Å². The molecular weight excluding hydrogens is 258 g/mol. The number of nitrogens with zero attached hydrogens (tertiary/aromatic N) is 4. The average Bonchev–Trinajstić information content (AvgIpc) is 2.60. The van der Waals surface area contributed by atoms with Crippen molar-refractivity contribution in [1.29, 1.82) is 0 Å². The molecule has 0 unspecified atom stereocenters. The molecule has 2 heterocycles. The normalized spacial score (nSPS) is 11.1. The van der Waals surface area contributed by atoms with Gasteiger partial charge >= 0.3 is 0 Å². The van der Waals surface area contributed by atoms with E-state index >= 15 is 0 Å². The fourth-order valence-corrected chi connectivity index (χ4v) is 2.98. The lowest BCUT2D eigenvalue weighted by Gasteiger charge is -2.08. The fraction of sp³-hybridized carbons (Fsp3) is 0.462. The highest BCUT2D eigenvalue weighted by molar-refractivity contribution is 7.99. The molecule has 0 aromatic carbocycles. The monoisotopic (exact) mass is 277 g/mol. The number of aromatic nitrogens is 4. The van der Waals surface area contributed by atoms with Crippen molar-refractivity contribution in [3.8, 4) is 0 Å². The van der Waals surface area contributed by atoms with Crippen LogP contribution in [0.4, 0.5) is 0 Å². The molecule has 0 aliphatic carbocycles. The van der Waals surface area contributed by atoms with Gasteiger partial charge in [-0.25, -0.2) is 9.97 Å². The molecule has 0 radical (unpaired) electrons. The van der Waals surface area contributed by atoms with Gasteiger partial charge in [0.05, 0.1) is 5.69 Å². The minimum Gasteiger partial charge on any atom is -0.326 e. The van der Waals surface area contributed by atoms with Gasteiger partial charge in [0.2, 0.25) is 0 Å². The Balaban J connectivity index is 2.42.